The molecule has 0 saturated heterocycles. The van der Waals surface area contributed by atoms with Crippen LogP contribution in [0.4, 0.5) is 4.39 Å². The average Bonchev–Trinajstić information content (AvgIpc) is 2.66. The SMILES string of the molecule is COc1ncccc1C(=O)CC12CC(NC(=O)COc3ccc(Cl)c(F)c3)(C1)C2. The predicted molar refractivity (Wildman–Crippen MR) is 104 cm³/mol. The van der Waals surface area contributed by atoms with E-state index in [0.29, 0.717) is 17.9 Å². The molecule has 1 aromatic carbocycles. The lowest BCUT2D eigenvalue weighted by atomic mass is 9.38. The zero-order valence-electron chi connectivity index (χ0n) is 15.8. The van der Waals surface area contributed by atoms with Crippen molar-refractivity contribution in [1.29, 1.82) is 0 Å². The van der Waals surface area contributed by atoms with Gasteiger partial charge in [0.2, 0.25) is 5.88 Å². The van der Waals surface area contributed by atoms with Gasteiger partial charge in [0, 0.05) is 24.2 Å². The molecule has 0 radical (unpaired) electrons. The van der Waals surface area contributed by atoms with Crippen LogP contribution in [0.1, 0.15) is 36.0 Å². The molecule has 1 heterocycles. The fraction of sp³-hybridized carbons (Fsp3) is 0.381. The number of amides is 1. The smallest absolute Gasteiger partial charge is 0.258 e. The highest BCUT2D eigenvalue weighted by Crippen LogP contribution is 2.69. The Kier molecular flexibility index (Phi) is 4.94. The van der Waals surface area contributed by atoms with Gasteiger partial charge in [-0.2, -0.15) is 0 Å². The van der Waals surface area contributed by atoms with Crippen LogP contribution in [0, 0.1) is 11.2 Å². The van der Waals surface area contributed by atoms with Gasteiger partial charge in [-0.25, -0.2) is 9.37 Å². The summed E-state index contributed by atoms with van der Waals surface area (Å²) < 4.78 is 23.9. The quantitative estimate of drug-likeness (QED) is 0.663. The number of hydrogen-bond donors (Lipinski definition) is 1. The third kappa shape index (κ3) is 3.79. The van der Waals surface area contributed by atoms with Crippen LogP contribution >= 0.6 is 11.6 Å². The molecule has 152 valence electrons. The van der Waals surface area contributed by atoms with Crippen LogP contribution in [-0.4, -0.2) is 35.9 Å². The van der Waals surface area contributed by atoms with Crippen molar-refractivity contribution in [3.8, 4) is 11.6 Å². The van der Waals surface area contributed by atoms with Gasteiger partial charge in [0.05, 0.1) is 17.7 Å². The number of nitrogens with zero attached hydrogens (tertiary/aromatic N) is 1. The molecule has 1 amide bonds. The molecule has 0 atom stereocenters. The Labute approximate surface area is 172 Å². The Morgan fingerprint density at radius 3 is 2.72 bits per heavy atom. The van der Waals surface area contributed by atoms with Crippen molar-refractivity contribution in [2.75, 3.05) is 13.7 Å². The minimum atomic E-state index is -0.596. The molecular formula is C21H20ClFN2O4. The van der Waals surface area contributed by atoms with Gasteiger partial charge in [-0.05, 0) is 48.9 Å². The third-order valence-electron chi connectivity index (χ3n) is 5.61. The minimum Gasteiger partial charge on any atom is -0.484 e. The van der Waals surface area contributed by atoms with Crippen LogP contribution in [0.5, 0.6) is 11.6 Å². The van der Waals surface area contributed by atoms with E-state index in [0.717, 1.165) is 25.3 Å². The molecule has 5 rings (SSSR count). The number of halogens is 2. The molecule has 2 aromatic rings. The lowest BCUT2D eigenvalue weighted by molar-refractivity contribution is -0.164. The van der Waals surface area contributed by atoms with Gasteiger partial charge >= 0.3 is 0 Å². The summed E-state index contributed by atoms with van der Waals surface area (Å²) in [7, 11) is 1.49. The summed E-state index contributed by atoms with van der Waals surface area (Å²) >= 11 is 5.62. The van der Waals surface area contributed by atoms with Crippen molar-refractivity contribution in [3.05, 3.63) is 52.9 Å². The molecule has 3 aliphatic carbocycles. The number of Topliss-reactive ketones (excluding diaryl/α,β-unsaturated/α-hetero) is 1. The fourth-order valence-corrected chi connectivity index (χ4v) is 4.68. The molecule has 29 heavy (non-hydrogen) atoms. The van der Waals surface area contributed by atoms with Gasteiger partial charge in [0.25, 0.3) is 5.91 Å². The van der Waals surface area contributed by atoms with Crippen LogP contribution in [-0.2, 0) is 4.79 Å². The molecule has 8 heteroatoms. The van der Waals surface area contributed by atoms with Crippen LogP contribution in [0.15, 0.2) is 36.5 Å². The van der Waals surface area contributed by atoms with Crippen molar-refractivity contribution in [2.24, 2.45) is 5.41 Å². The van der Waals surface area contributed by atoms with Crippen LogP contribution in [0.3, 0.4) is 0 Å². The zero-order chi connectivity index (χ0) is 20.6. The maximum absolute atomic E-state index is 13.4. The van der Waals surface area contributed by atoms with Crippen LogP contribution in [0.25, 0.3) is 0 Å². The fourth-order valence-electron chi connectivity index (χ4n) is 4.57. The number of benzene rings is 1. The monoisotopic (exact) mass is 418 g/mol. The number of rotatable bonds is 8. The Morgan fingerprint density at radius 1 is 1.28 bits per heavy atom. The van der Waals surface area contributed by atoms with Gasteiger partial charge < -0.3 is 14.8 Å². The van der Waals surface area contributed by atoms with Crippen molar-refractivity contribution in [1.82, 2.24) is 10.3 Å². The zero-order valence-corrected chi connectivity index (χ0v) is 16.6. The van der Waals surface area contributed by atoms with E-state index < -0.39 is 5.82 Å². The van der Waals surface area contributed by atoms with Gasteiger partial charge in [-0.1, -0.05) is 11.6 Å². The maximum atomic E-state index is 13.4. The maximum Gasteiger partial charge on any atom is 0.258 e. The van der Waals surface area contributed by atoms with E-state index in [1.165, 1.54) is 19.2 Å². The van der Waals surface area contributed by atoms with Crippen molar-refractivity contribution >= 4 is 23.3 Å². The number of ether oxygens (including phenoxy) is 2. The summed E-state index contributed by atoms with van der Waals surface area (Å²) in [4.78, 5) is 28.9. The van der Waals surface area contributed by atoms with Crippen LogP contribution in [0.2, 0.25) is 5.02 Å². The number of ketones is 1. The molecule has 1 aromatic heterocycles. The van der Waals surface area contributed by atoms with E-state index in [2.05, 4.69) is 10.3 Å². The summed E-state index contributed by atoms with van der Waals surface area (Å²) in [6, 6.07) is 7.46. The van der Waals surface area contributed by atoms with E-state index >= 15 is 0 Å². The number of carbonyl (C=O) groups excluding carboxylic acids is 2. The van der Waals surface area contributed by atoms with Gasteiger partial charge in [-0.3, -0.25) is 9.59 Å². The molecule has 0 aliphatic heterocycles. The number of carbonyl (C=O) groups is 2. The Morgan fingerprint density at radius 2 is 2.03 bits per heavy atom. The minimum absolute atomic E-state index is 0.000540. The number of nitrogens with one attached hydrogen (secondary N) is 1. The van der Waals surface area contributed by atoms with Crippen molar-refractivity contribution < 1.29 is 23.5 Å². The van der Waals surface area contributed by atoms with E-state index in [4.69, 9.17) is 21.1 Å². The molecular weight excluding hydrogens is 399 g/mol. The first-order chi connectivity index (χ1) is 13.8. The lowest BCUT2D eigenvalue weighted by Crippen LogP contribution is -2.75. The molecule has 0 unspecified atom stereocenters. The van der Waals surface area contributed by atoms with Crippen molar-refractivity contribution in [3.63, 3.8) is 0 Å². The summed E-state index contributed by atoms with van der Waals surface area (Å²) in [5.74, 6) is -0.285. The van der Waals surface area contributed by atoms with Gasteiger partial charge in [0.1, 0.15) is 11.6 Å². The van der Waals surface area contributed by atoms with E-state index in [1.54, 1.807) is 18.3 Å². The average molecular weight is 419 g/mol. The van der Waals surface area contributed by atoms with E-state index in [1.807, 2.05) is 0 Å². The largest absolute Gasteiger partial charge is 0.484 e. The second-order valence-corrected chi connectivity index (χ2v) is 8.29. The van der Waals surface area contributed by atoms with Gasteiger partial charge in [0.15, 0.2) is 12.4 Å². The van der Waals surface area contributed by atoms with E-state index in [-0.39, 0.29) is 40.0 Å². The molecule has 2 bridgehead atoms. The normalized spacial score (nSPS) is 24.1. The predicted octanol–water partition coefficient (Wildman–Crippen LogP) is 3.57. The summed E-state index contributed by atoms with van der Waals surface area (Å²) in [5.41, 5.74) is 0.164. The van der Waals surface area contributed by atoms with Crippen LogP contribution < -0.4 is 14.8 Å². The first-order valence-electron chi connectivity index (χ1n) is 9.25. The molecule has 0 spiro atoms. The lowest BCUT2D eigenvalue weighted by Gasteiger charge is -2.70. The standard InChI is InChI=1S/C21H20ClFN2O4/c1-28-19-14(3-2-6-24-19)17(26)8-20-10-21(11-20,12-20)25-18(27)9-29-13-4-5-15(22)16(23)7-13/h2-7H,8-12H2,1H3,(H,25,27). The first-order valence-corrected chi connectivity index (χ1v) is 9.63. The Balaban J connectivity index is 1.26. The molecule has 3 aliphatic rings. The molecule has 1 N–H and O–H groups in total. The number of aromatic nitrogens is 1. The topological polar surface area (TPSA) is 77.5 Å². The Hall–Kier alpha value is -2.67. The second kappa shape index (κ2) is 7.30. The van der Waals surface area contributed by atoms with E-state index in [9.17, 15) is 14.0 Å². The second-order valence-electron chi connectivity index (χ2n) is 7.88. The summed E-state index contributed by atoms with van der Waals surface area (Å²) in [6.45, 7) is -0.207. The van der Waals surface area contributed by atoms with Crippen molar-refractivity contribution in [2.45, 2.75) is 31.2 Å². The molecule has 6 nitrogen and oxygen atoms in total. The molecule has 3 saturated carbocycles. The highest BCUT2D eigenvalue weighted by Gasteiger charge is 2.68. The number of pyridine rings is 1. The molecule has 3 fully saturated rings. The first kappa shape index (κ1) is 19.6. The van der Waals surface area contributed by atoms with Gasteiger partial charge in [-0.15, -0.1) is 0 Å². The summed E-state index contributed by atoms with van der Waals surface area (Å²) in [6.07, 6.45) is 4.27. The summed E-state index contributed by atoms with van der Waals surface area (Å²) in [5, 5.41) is 2.98. The Bertz CT molecular complexity index is 961. The number of methoxy groups -OCH3 is 1. The highest BCUT2D eigenvalue weighted by molar-refractivity contribution is 6.30. The highest BCUT2D eigenvalue weighted by atomic mass is 35.5. The number of hydrogen-bond acceptors (Lipinski definition) is 5. The third-order valence-corrected chi connectivity index (χ3v) is 5.91.